The first-order valence-electron chi connectivity index (χ1n) is 10.8. The standard InChI is InChI=1S/C27H17N3O5S/c31-26-22-16-19(24-5-2-14-36-24)9-12-23(22)28-25(13-6-17-3-1-4-21(15-17)30(34)35)29(26)20-10-7-18(8-11-20)27(32)33/h1-16H,(H,32,33)/b13-6+. The fourth-order valence-corrected chi connectivity index (χ4v) is 4.55. The average molecular weight is 496 g/mol. The molecule has 0 radical (unpaired) electrons. The Morgan fingerprint density at radius 1 is 1.00 bits per heavy atom. The highest BCUT2D eigenvalue weighted by molar-refractivity contribution is 7.13. The number of aromatic carboxylic acids is 1. The van der Waals surface area contributed by atoms with Crippen molar-refractivity contribution in [2.75, 3.05) is 0 Å². The Kier molecular flexibility index (Phi) is 5.97. The molecule has 9 heteroatoms. The van der Waals surface area contributed by atoms with E-state index in [4.69, 9.17) is 4.98 Å². The minimum Gasteiger partial charge on any atom is -0.478 e. The van der Waals surface area contributed by atoms with Gasteiger partial charge in [0.05, 0.1) is 27.1 Å². The van der Waals surface area contributed by atoms with Gasteiger partial charge in [0.25, 0.3) is 11.2 Å². The summed E-state index contributed by atoms with van der Waals surface area (Å²) in [6, 6.07) is 21.4. The van der Waals surface area contributed by atoms with E-state index in [1.807, 2.05) is 23.6 Å². The number of carboxylic acids is 1. The molecule has 0 atom stereocenters. The normalized spacial score (nSPS) is 11.2. The van der Waals surface area contributed by atoms with Crippen LogP contribution in [0.15, 0.2) is 89.0 Å². The molecule has 5 rings (SSSR count). The van der Waals surface area contributed by atoms with Crippen molar-refractivity contribution < 1.29 is 14.8 Å². The summed E-state index contributed by atoms with van der Waals surface area (Å²) >= 11 is 1.56. The summed E-state index contributed by atoms with van der Waals surface area (Å²) in [5.74, 6) is -0.775. The molecular weight excluding hydrogens is 478 g/mol. The molecule has 2 aromatic heterocycles. The lowest BCUT2D eigenvalue weighted by molar-refractivity contribution is -0.384. The third-order valence-electron chi connectivity index (χ3n) is 5.58. The number of fused-ring (bicyclic) bond motifs is 1. The number of rotatable bonds is 6. The Morgan fingerprint density at radius 2 is 1.81 bits per heavy atom. The number of hydrogen-bond donors (Lipinski definition) is 1. The number of nitro benzene ring substituents is 1. The van der Waals surface area contributed by atoms with Crippen LogP contribution in [0.3, 0.4) is 0 Å². The number of benzene rings is 3. The SMILES string of the molecule is O=C(O)c1ccc(-n2c(/C=C/c3cccc([N+](=O)[O-])c3)nc3ccc(-c4cccs4)cc3c2=O)cc1. The maximum Gasteiger partial charge on any atom is 0.335 e. The molecule has 0 aliphatic rings. The highest BCUT2D eigenvalue weighted by atomic mass is 32.1. The van der Waals surface area contributed by atoms with Crippen LogP contribution in [0.2, 0.25) is 0 Å². The highest BCUT2D eigenvalue weighted by Crippen LogP contribution is 2.27. The van der Waals surface area contributed by atoms with Crippen LogP contribution >= 0.6 is 11.3 Å². The van der Waals surface area contributed by atoms with Crippen molar-refractivity contribution in [3.05, 3.63) is 122 Å². The van der Waals surface area contributed by atoms with E-state index in [0.717, 1.165) is 10.4 Å². The van der Waals surface area contributed by atoms with Gasteiger partial charge in [0.1, 0.15) is 5.82 Å². The topological polar surface area (TPSA) is 115 Å². The largest absolute Gasteiger partial charge is 0.478 e. The second kappa shape index (κ2) is 9.40. The molecule has 3 aromatic carbocycles. The molecule has 0 aliphatic heterocycles. The van der Waals surface area contributed by atoms with Crippen molar-refractivity contribution in [1.29, 1.82) is 0 Å². The molecule has 0 saturated carbocycles. The van der Waals surface area contributed by atoms with E-state index in [2.05, 4.69) is 0 Å². The van der Waals surface area contributed by atoms with Gasteiger partial charge in [0, 0.05) is 17.0 Å². The Hall–Kier alpha value is -4.89. The molecule has 176 valence electrons. The molecule has 36 heavy (non-hydrogen) atoms. The van der Waals surface area contributed by atoms with Gasteiger partial charge in [-0.1, -0.05) is 30.3 Å². The predicted molar refractivity (Wildman–Crippen MR) is 140 cm³/mol. The number of hydrogen-bond acceptors (Lipinski definition) is 6. The lowest BCUT2D eigenvalue weighted by atomic mass is 10.1. The molecule has 0 spiro atoms. The molecule has 0 amide bonds. The van der Waals surface area contributed by atoms with Gasteiger partial charge in [0.15, 0.2) is 0 Å². The average Bonchev–Trinajstić information content (AvgIpc) is 3.43. The third kappa shape index (κ3) is 4.42. The van der Waals surface area contributed by atoms with E-state index in [1.54, 1.807) is 59.9 Å². The van der Waals surface area contributed by atoms with Gasteiger partial charge in [-0.3, -0.25) is 19.5 Å². The summed E-state index contributed by atoms with van der Waals surface area (Å²) in [6.07, 6.45) is 3.25. The molecule has 0 aliphatic carbocycles. The first kappa shape index (κ1) is 22.9. The molecule has 0 saturated heterocycles. The second-order valence-corrected chi connectivity index (χ2v) is 8.80. The molecular formula is C27H17N3O5S. The summed E-state index contributed by atoms with van der Waals surface area (Å²) in [5.41, 5.74) is 2.13. The van der Waals surface area contributed by atoms with Crippen LogP contribution in [0.25, 0.3) is 39.2 Å². The van der Waals surface area contributed by atoms with Crippen LogP contribution in [-0.4, -0.2) is 25.6 Å². The molecule has 5 aromatic rings. The lowest BCUT2D eigenvalue weighted by Gasteiger charge is -2.12. The summed E-state index contributed by atoms with van der Waals surface area (Å²) in [5, 5.41) is 22.8. The summed E-state index contributed by atoms with van der Waals surface area (Å²) in [4.78, 5) is 41.4. The van der Waals surface area contributed by atoms with Crippen LogP contribution in [0.4, 0.5) is 5.69 Å². The van der Waals surface area contributed by atoms with Crippen LogP contribution < -0.4 is 5.56 Å². The summed E-state index contributed by atoms with van der Waals surface area (Å²) in [6.45, 7) is 0. The maximum absolute atomic E-state index is 13.7. The Balaban J connectivity index is 1.69. The molecule has 2 heterocycles. The minimum atomic E-state index is -1.07. The van der Waals surface area contributed by atoms with Gasteiger partial charge < -0.3 is 5.11 Å². The Morgan fingerprint density at radius 3 is 2.50 bits per heavy atom. The third-order valence-corrected chi connectivity index (χ3v) is 6.50. The molecule has 0 bridgehead atoms. The van der Waals surface area contributed by atoms with Crippen LogP contribution in [0.1, 0.15) is 21.7 Å². The van der Waals surface area contributed by atoms with Crippen molar-refractivity contribution >= 4 is 46.0 Å². The van der Waals surface area contributed by atoms with E-state index in [1.165, 1.54) is 28.8 Å². The van der Waals surface area contributed by atoms with E-state index in [0.29, 0.717) is 28.0 Å². The lowest BCUT2D eigenvalue weighted by Crippen LogP contribution is -2.22. The van der Waals surface area contributed by atoms with Crippen LogP contribution in [0, 0.1) is 10.1 Å². The zero-order valence-electron chi connectivity index (χ0n) is 18.6. The van der Waals surface area contributed by atoms with Gasteiger partial charge in [-0.15, -0.1) is 11.3 Å². The van der Waals surface area contributed by atoms with Gasteiger partial charge in [0.2, 0.25) is 0 Å². The highest BCUT2D eigenvalue weighted by Gasteiger charge is 2.14. The number of carbonyl (C=O) groups is 1. The quantitative estimate of drug-likeness (QED) is 0.232. The molecule has 1 N–H and O–H groups in total. The number of nitro groups is 1. The number of non-ortho nitro benzene ring substituents is 1. The number of thiophene rings is 1. The number of carboxylic acid groups (broad SMARTS) is 1. The molecule has 0 fully saturated rings. The molecule has 0 unspecified atom stereocenters. The van der Waals surface area contributed by atoms with Gasteiger partial charge in [-0.05, 0) is 65.0 Å². The van der Waals surface area contributed by atoms with Crippen molar-refractivity contribution in [2.24, 2.45) is 0 Å². The van der Waals surface area contributed by atoms with E-state index < -0.39 is 10.9 Å². The van der Waals surface area contributed by atoms with E-state index in [9.17, 15) is 24.8 Å². The first-order chi connectivity index (χ1) is 17.4. The van der Waals surface area contributed by atoms with Crippen molar-refractivity contribution in [1.82, 2.24) is 9.55 Å². The first-order valence-corrected chi connectivity index (χ1v) is 11.7. The van der Waals surface area contributed by atoms with Gasteiger partial charge in [-0.25, -0.2) is 9.78 Å². The van der Waals surface area contributed by atoms with Gasteiger partial charge in [-0.2, -0.15) is 0 Å². The Labute approximate surface area is 208 Å². The van der Waals surface area contributed by atoms with Gasteiger partial charge >= 0.3 is 5.97 Å². The monoisotopic (exact) mass is 495 g/mol. The molecule has 8 nitrogen and oxygen atoms in total. The minimum absolute atomic E-state index is 0.0497. The Bertz CT molecular complexity index is 1700. The second-order valence-electron chi connectivity index (χ2n) is 7.86. The van der Waals surface area contributed by atoms with E-state index >= 15 is 0 Å². The van der Waals surface area contributed by atoms with Crippen LogP contribution in [-0.2, 0) is 0 Å². The zero-order valence-corrected chi connectivity index (χ0v) is 19.4. The van der Waals surface area contributed by atoms with Crippen LogP contribution in [0.5, 0.6) is 0 Å². The number of nitrogens with zero attached hydrogens (tertiary/aromatic N) is 3. The number of aromatic nitrogens is 2. The maximum atomic E-state index is 13.7. The fourth-order valence-electron chi connectivity index (χ4n) is 3.83. The summed E-state index contributed by atoms with van der Waals surface area (Å²) in [7, 11) is 0. The summed E-state index contributed by atoms with van der Waals surface area (Å²) < 4.78 is 1.40. The van der Waals surface area contributed by atoms with E-state index in [-0.39, 0.29) is 16.8 Å². The fraction of sp³-hybridized carbons (Fsp3) is 0. The smallest absolute Gasteiger partial charge is 0.335 e. The van der Waals surface area contributed by atoms with Crippen molar-refractivity contribution in [2.45, 2.75) is 0 Å². The predicted octanol–water partition coefficient (Wildman–Crippen LogP) is 5.89. The van der Waals surface area contributed by atoms with Crippen molar-refractivity contribution in [3.63, 3.8) is 0 Å². The zero-order chi connectivity index (χ0) is 25.2. The van der Waals surface area contributed by atoms with Crippen molar-refractivity contribution in [3.8, 4) is 16.1 Å².